The standard InChI is InChI=1S/C13H24N2O4S/c1-8-10(13(2,3)11(8)19-4)15-12(16)14-9-5-6-20(17,18)7-9/h8-11H,5-7H2,1-4H3,(H2,14,15,16)/t8-,9-,10+,11-/m1/s1. The molecule has 2 fully saturated rings. The van der Waals surface area contributed by atoms with Crippen molar-refractivity contribution < 1.29 is 17.9 Å². The average molecular weight is 304 g/mol. The molecule has 1 heterocycles. The van der Waals surface area contributed by atoms with Crippen LogP contribution < -0.4 is 10.6 Å². The summed E-state index contributed by atoms with van der Waals surface area (Å²) in [6, 6.07) is -0.520. The summed E-state index contributed by atoms with van der Waals surface area (Å²) in [5, 5.41) is 5.70. The van der Waals surface area contributed by atoms with E-state index < -0.39 is 9.84 Å². The lowest BCUT2D eigenvalue weighted by Crippen LogP contribution is -2.69. The number of rotatable bonds is 3. The lowest BCUT2D eigenvalue weighted by Gasteiger charge is -2.56. The van der Waals surface area contributed by atoms with Gasteiger partial charge in [-0.05, 0) is 6.42 Å². The number of ether oxygens (including phenoxy) is 1. The first kappa shape index (κ1) is 15.6. The van der Waals surface area contributed by atoms with Crippen molar-refractivity contribution in [3.8, 4) is 0 Å². The van der Waals surface area contributed by atoms with Gasteiger partial charge in [0.05, 0.1) is 17.6 Å². The van der Waals surface area contributed by atoms with E-state index >= 15 is 0 Å². The van der Waals surface area contributed by atoms with Crippen LogP contribution in [0, 0.1) is 11.3 Å². The maximum atomic E-state index is 12.0. The number of sulfone groups is 1. The van der Waals surface area contributed by atoms with E-state index in [0.29, 0.717) is 6.42 Å². The van der Waals surface area contributed by atoms with Crippen LogP contribution in [-0.2, 0) is 14.6 Å². The molecule has 0 unspecified atom stereocenters. The average Bonchev–Trinajstić information content (AvgIpc) is 2.66. The quantitative estimate of drug-likeness (QED) is 0.796. The zero-order valence-electron chi connectivity index (χ0n) is 12.5. The van der Waals surface area contributed by atoms with Gasteiger partial charge in [0.15, 0.2) is 9.84 Å². The topological polar surface area (TPSA) is 84.5 Å². The second-order valence-corrected chi connectivity index (χ2v) is 8.76. The van der Waals surface area contributed by atoms with Crippen LogP contribution in [0.3, 0.4) is 0 Å². The van der Waals surface area contributed by atoms with Crippen molar-refractivity contribution in [1.29, 1.82) is 0 Å². The minimum absolute atomic E-state index is 0.0328. The highest BCUT2D eigenvalue weighted by Crippen LogP contribution is 2.46. The van der Waals surface area contributed by atoms with Gasteiger partial charge in [0.1, 0.15) is 0 Å². The van der Waals surface area contributed by atoms with Gasteiger partial charge in [-0.2, -0.15) is 0 Å². The molecular formula is C13H24N2O4S. The molecule has 0 aromatic heterocycles. The van der Waals surface area contributed by atoms with Gasteiger partial charge in [0.25, 0.3) is 0 Å². The zero-order chi connectivity index (χ0) is 15.1. The summed E-state index contributed by atoms with van der Waals surface area (Å²) in [6.07, 6.45) is 0.625. The predicted molar refractivity (Wildman–Crippen MR) is 76.3 cm³/mol. The normalized spacial score (nSPS) is 38.0. The lowest BCUT2D eigenvalue weighted by atomic mass is 9.58. The molecule has 2 rings (SSSR count). The molecule has 20 heavy (non-hydrogen) atoms. The van der Waals surface area contributed by atoms with Gasteiger partial charge in [-0.3, -0.25) is 0 Å². The van der Waals surface area contributed by atoms with Crippen LogP contribution in [0.5, 0.6) is 0 Å². The highest BCUT2D eigenvalue weighted by atomic mass is 32.2. The van der Waals surface area contributed by atoms with Crippen LogP contribution in [0.15, 0.2) is 0 Å². The smallest absolute Gasteiger partial charge is 0.315 e. The number of carbonyl (C=O) groups is 1. The third kappa shape index (κ3) is 2.79. The van der Waals surface area contributed by atoms with Gasteiger partial charge in [0, 0.05) is 30.5 Å². The molecule has 1 aliphatic heterocycles. The largest absolute Gasteiger partial charge is 0.380 e. The Morgan fingerprint density at radius 3 is 2.40 bits per heavy atom. The third-order valence-electron chi connectivity index (χ3n) is 4.65. The number of amides is 2. The molecule has 7 heteroatoms. The molecule has 6 nitrogen and oxygen atoms in total. The first-order chi connectivity index (χ1) is 9.17. The van der Waals surface area contributed by atoms with Gasteiger partial charge in [-0.25, -0.2) is 13.2 Å². The first-order valence-corrected chi connectivity index (χ1v) is 8.80. The second kappa shape index (κ2) is 5.18. The summed E-state index contributed by atoms with van der Waals surface area (Å²) in [5.74, 6) is 0.452. The molecule has 1 saturated heterocycles. The minimum atomic E-state index is -2.97. The van der Waals surface area contributed by atoms with Gasteiger partial charge in [-0.15, -0.1) is 0 Å². The molecule has 116 valence electrons. The van der Waals surface area contributed by atoms with E-state index in [1.54, 1.807) is 7.11 Å². The summed E-state index contributed by atoms with van der Waals surface area (Å²) < 4.78 is 28.2. The fourth-order valence-electron chi connectivity index (χ4n) is 3.70. The van der Waals surface area contributed by atoms with Crippen LogP contribution in [0.2, 0.25) is 0 Å². The molecule has 0 aromatic rings. The Labute approximate surface area is 120 Å². The van der Waals surface area contributed by atoms with Crippen LogP contribution in [-0.4, -0.2) is 51.3 Å². The van der Waals surface area contributed by atoms with Gasteiger partial charge in [-0.1, -0.05) is 20.8 Å². The third-order valence-corrected chi connectivity index (χ3v) is 6.41. The van der Waals surface area contributed by atoms with Crippen LogP contribution >= 0.6 is 0 Å². The van der Waals surface area contributed by atoms with Crippen molar-refractivity contribution in [2.24, 2.45) is 11.3 Å². The monoisotopic (exact) mass is 304 g/mol. The van der Waals surface area contributed by atoms with Gasteiger partial charge >= 0.3 is 6.03 Å². The predicted octanol–water partition coefficient (Wildman–Crippen LogP) is 0.532. The Kier molecular flexibility index (Phi) is 4.03. The molecule has 4 atom stereocenters. The molecular weight excluding hydrogens is 280 g/mol. The van der Waals surface area contributed by atoms with E-state index in [1.807, 2.05) is 6.92 Å². The molecule has 1 aliphatic carbocycles. The fourth-order valence-corrected chi connectivity index (χ4v) is 5.37. The number of carbonyl (C=O) groups excluding carboxylic acids is 1. The van der Waals surface area contributed by atoms with Gasteiger partial charge in [0.2, 0.25) is 0 Å². The minimum Gasteiger partial charge on any atom is -0.380 e. The molecule has 0 radical (unpaired) electrons. The fraction of sp³-hybridized carbons (Fsp3) is 0.923. The summed E-state index contributed by atoms with van der Waals surface area (Å²) >= 11 is 0. The summed E-state index contributed by atoms with van der Waals surface area (Å²) in [5.41, 5.74) is -0.118. The Hall–Kier alpha value is -0.820. The van der Waals surface area contributed by atoms with Crippen molar-refractivity contribution in [1.82, 2.24) is 10.6 Å². The van der Waals surface area contributed by atoms with Crippen molar-refractivity contribution in [2.75, 3.05) is 18.6 Å². The van der Waals surface area contributed by atoms with E-state index in [0.717, 1.165) is 0 Å². The molecule has 2 aliphatic rings. The Morgan fingerprint density at radius 1 is 1.30 bits per heavy atom. The zero-order valence-corrected chi connectivity index (χ0v) is 13.3. The molecule has 0 aromatic carbocycles. The van der Waals surface area contributed by atoms with E-state index in [1.165, 1.54) is 0 Å². The SMILES string of the molecule is CO[C@@H]1[C@H](C)[C@H](NC(=O)N[C@@H]2CCS(=O)(=O)C2)C1(C)C. The number of methoxy groups -OCH3 is 1. The Morgan fingerprint density at radius 2 is 1.95 bits per heavy atom. The summed E-state index contributed by atoms with van der Waals surface area (Å²) in [7, 11) is -1.29. The van der Waals surface area contributed by atoms with E-state index in [4.69, 9.17) is 4.74 Å². The second-order valence-electron chi connectivity index (χ2n) is 6.53. The Bertz CT molecular complexity index is 489. The molecule has 1 saturated carbocycles. The molecule has 2 N–H and O–H groups in total. The number of urea groups is 1. The van der Waals surface area contributed by atoms with Gasteiger partial charge < -0.3 is 15.4 Å². The van der Waals surface area contributed by atoms with Crippen LogP contribution in [0.4, 0.5) is 4.79 Å². The summed E-state index contributed by atoms with van der Waals surface area (Å²) in [4.78, 5) is 12.0. The lowest BCUT2D eigenvalue weighted by molar-refractivity contribution is -0.140. The first-order valence-electron chi connectivity index (χ1n) is 6.97. The van der Waals surface area contributed by atoms with Crippen LogP contribution in [0.25, 0.3) is 0 Å². The van der Waals surface area contributed by atoms with E-state index in [-0.39, 0.29) is 47.1 Å². The molecule has 0 bridgehead atoms. The highest BCUT2D eigenvalue weighted by Gasteiger charge is 2.55. The maximum Gasteiger partial charge on any atom is 0.315 e. The van der Waals surface area contributed by atoms with E-state index in [9.17, 15) is 13.2 Å². The van der Waals surface area contributed by atoms with Crippen molar-refractivity contribution >= 4 is 15.9 Å². The Balaban J connectivity index is 1.87. The molecule has 0 spiro atoms. The van der Waals surface area contributed by atoms with Crippen molar-refractivity contribution in [2.45, 2.75) is 45.4 Å². The van der Waals surface area contributed by atoms with Crippen molar-refractivity contribution in [3.63, 3.8) is 0 Å². The summed E-state index contributed by atoms with van der Waals surface area (Å²) in [6.45, 7) is 6.17. The highest BCUT2D eigenvalue weighted by molar-refractivity contribution is 7.91. The number of nitrogens with one attached hydrogen (secondary N) is 2. The number of hydrogen-bond acceptors (Lipinski definition) is 4. The van der Waals surface area contributed by atoms with Crippen molar-refractivity contribution in [3.05, 3.63) is 0 Å². The molecule has 2 amide bonds. The van der Waals surface area contributed by atoms with Crippen LogP contribution in [0.1, 0.15) is 27.2 Å². The number of hydrogen-bond donors (Lipinski definition) is 2. The van der Waals surface area contributed by atoms with E-state index in [2.05, 4.69) is 24.5 Å². The maximum absolute atomic E-state index is 12.0.